The van der Waals surface area contributed by atoms with Crippen LogP contribution in [0.3, 0.4) is 0 Å². The zero-order valence-corrected chi connectivity index (χ0v) is 20.4. The Morgan fingerprint density at radius 2 is 2.09 bits per heavy atom. The lowest BCUT2D eigenvalue weighted by Crippen LogP contribution is -2.62. The molecule has 1 saturated heterocycles. The molecular formula is C25H30N6OS. The molecule has 2 aliphatic rings. The van der Waals surface area contributed by atoms with Gasteiger partial charge in [-0.25, -0.2) is 9.50 Å². The molecule has 5 heterocycles. The number of nitrogens with one attached hydrogen (secondary N) is 1. The molecule has 172 valence electrons. The Morgan fingerprint density at radius 3 is 2.79 bits per heavy atom. The number of nitrogens with two attached hydrogens (primary N) is 1. The molecule has 8 heteroatoms. The molecule has 0 aromatic carbocycles. The van der Waals surface area contributed by atoms with Gasteiger partial charge in [-0.1, -0.05) is 13.8 Å². The normalized spacial score (nSPS) is 18.5. The lowest BCUT2D eigenvalue weighted by molar-refractivity contribution is -0.126. The molecule has 0 atom stereocenters. The third kappa shape index (κ3) is 3.14. The highest BCUT2D eigenvalue weighted by Crippen LogP contribution is 2.58. The Hall–Kier alpha value is -2.71. The zero-order chi connectivity index (χ0) is 23.1. The molecular weight excluding hydrogens is 432 g/mol. The lowest BCUT2D eigenvalue weighted by atomic mass is 9.57. The highest BCUT2D eigenvalue weighted by Gasteiger charge is 2.53. The van der Waals surface area contributed by atoms with Crippen molar-refractivity contribution in [1.82, 2.24) is 24.5 Å². The number of aryl methyl sites for hydroxylation is 2. The van der Waals surface area contributed by atoms with Gasteiger partial charge in [0.05, 0.1) is 12.2 Å². The van der Waals surface area contributed by atoms with Crippen LogP contribution in [0.4, 0.5) is 0 Å². The maximum Gasteiger partial charge on any atom is 0.231 e. The van der Waals surface area contributed by atoms with Crippen molar-refractivity contribution in [3.63, 3.8) is 0 Å². The van der Waals surface area contributed by atoms with Gasteiger partial charge in [-0.2, -0.15) is 5.10 Å². The summed E-state index contributed by atoms with van der Waals surface area (Å²) in [6.45, 7) is 11.4. The van der Waals surface area contributed by atoms with E-state index >= 15 is 0 Å². The molecule has 1 aliphatic carbocycles. The van der Waals surface area contributed by atoms with E-state index < -0.39 is 0 Å². The number of thiophene rings is 1. The summed E-state index contributed by atoms with van der Waals surface area (Å²) >= 11 is 1.93. The van der Waals surface area contributed by atoms with Crippen molar-refractivity contribution in [2.75, 3.05) is 19.6 Å². The van der Waals surface area contributed by atoms with E-state index in [2.05, 4.69) is 59.9 Å². The van der Waals surface area contributed by atoms with Crippen LogP contribution in [-0.4, -0.2) is 50.0 Å². The molecule has 1 spiro atoms. The first-order chi connectivity index (χ1) is 15.7. The van der Waals surface area contributed by atoms with Crippen LogP contribution in [-0.2, 0) is 4.79 Å². The van der Waals surface area contributed by atoms with Crippen molar-refractivity contribution >= 4 is 33.1 Å². The van der Waals surface area contributed by atoms with Crippen LogP contribution in [0.2, 0.25) is 0 Å². The maximum atomic E-state index is 11.2. The average molecular weight is 463 g/mol. The van der Waals surface area contributed by atoms with Crippen molar-refractivity contribution in [3.8, 4) is 11.3 Å². The summed E-state index contributed by atoms with van der Waals surface area (Å²) < 4.78 is 1.87. The maximum absolute atomic E-state index is 11.2. The first-order valence-electron chi connectivity index (χ1n) is 11.7. The quantitative estimate of drug-likeness (QED) is 0.461. The first kappa shape index (κ1) is 20.9. The number of pyridine rings is 1. The third-order valence-corrected chi connectivity index (χ3v) is 8.98. The number of hydrogen-bond acceptors (Lipinski definition) is 5. The molecule has 0 bridgehead atoms. The number of hydrogen-bond donors (Lipinski definition) is 2. The van der Waals surface area contributed by atoms with Crippen molar-refractivity contribution in [1.29, 1.82) is 0 Å². The summed E-state index contributed by atoms with van der Waals surface area (Å²) in [5.74, 6) is 0.811. The minimum atomic E-state index is -0.223. The fourth-order valence-electron chi connectivity index (χ4n) is 6.34. The van der Waals surface area contributed by atoms with Crippen LogP contribution < -0.4 is 5.73 Å². The zero-order valence-electron chi connectivity index (χ0n) is 19.6. The fourth-order valence-corrected chi connectivity index (χ4v) is 7.66. The minimum absolute atomic E-state index is 0.223. The van der Waals surface area contributed by atoms with Gasteiger partial charge < -0.3 is 10.7 Å². The number of aromatic amines is 1. The number of nitrogens with zero attached hydrogens (tertiary/aromatic N) is 4. The van der Waals surface area contributed by atoms with E-state index in [4.69, 9.17) is 5.73 Å². The molecule has 33 heavy (non-hydrogen) atoms. The van der Waals surface area contributed by atoms with E-state index in [-0.39, 0.29) is 5.91 Å². The summed E-state index contributed by atoms with van der Waals surface area (Å²) in [5.41, 5.74) is 13.0. The monoisotopic (exact) mass is 462 g/mol. The second-order valence-electron chi connectivity index (χ2n) is 10.5. The number of likely N-dealkylation sites (tertiary alicyclic amines) is 1. The molecule has 1 aliphatic heterocycles. The van der Waals surface area contributed by atoms with Gasteiger partial charge >= 0.3 is 0 Å². The van der Waals surface area contributed by atoms with Crippen LogP contribution in [0, 0.1) is 19.3 Å². The van der Waals surface area contributed by atoms with Gasteiger partial charge in [-0.3, -0.25) is 9.69 Å². The van der Waals surface area contributed by atoms with Gasteiger partial charge in [0.2, 0.25) is 5.91 Å². The van der Waals surface area contributed by atoms with Crippen LogP contribution in [0.25, 0.3) is 27.1 Å². The van der Waals surface area contributed by atoms with Crippen LogP contribution in [0.15, 0.2) is 18.6 Å². The fraction of sp³-hybridized carbons (Fsp3) is 0.480. The highest BCUT2D eigenvalue weighted by atomic mass is 32.1. The Balaban J connectivity index is 1.33. The number of carbonyl (C=O) groups excluding carboxylic acids is 1. The van der Waals surface area contributed by atoms with E-state index in [9.17, 15) is 4.79 Å². The number of primary amides is 1. The Kier molecular flexibility index (Phi) is 4.52. The summed E-state index contributed by atoms with van der Waals surface area (Å²) in [5, 5.41) is 5.77. The summed E-state index contributed by atoms with van der Waals surface area (Å²) in [6.07, 6.45) is 6.13. The van der Waals surface area contributed by atoms with Crippen LogP contribution in [0.5, 0.6) is 0 Å². The average Bonchev–Trinajstić information content (AvgIpc) is 3.37. The predicted octanol–water partition coefficient (Wildman–Crippen LogP) is 4.34. The molecule has 7 nitrogen and oxygen atoms in total. The number of fused-ring (bicyclic) bond motifs is 2. The molecule has 1 amide bonds. The molecule has 3 N–H and O–H groups in total. The van der Waals surface area contributed by atoms with Crippen molar-refractivity contribution < 1.29 is 4.79 Å². The van der Waals surface area contributed by atoms with E-state index in [0.717, 1.165) is 29.9 Å². The van der Waals surface area contributed by atoms with Crippen LogP contribution in [0.1, 0.15) is 60.1 Å². The number of H-pyrrole nitrogens is 1. The number of rotatable bonds is 5. The second-order valence-corrected chi connectivity index (χ2v) is 11.6. The second kappa shape index (κ2) is 7.14. The van der Waals surface area contributed by atoms with Gasteiger partial charge in [0, 0.05) is 35.1 Å². The highest BCUT2D eigenvalue weighted by molar-refractivity contribution is 7.19. The number of aromatic nitrogens is 4. The Bertz CT molecular complexity index is 1400. The molecule has 0 radical (unpaired) electrons. The minimum Gasteiger partial charge on any atom is -0.369 e. The van der Waals surface area contributed by atoms with E-state index in [1.54, 1.807) is 6.33 Å². The van der Waals surface area contributed by atoms with Gasteiger partial charge in [-0.05, 0) is 66.7 Å². The first-order valence-corrected chi connectivity index (χ1v) is 12.5. The van der Waals surface area contributed by atoms with E-state index in [1.807, 2.05) is 15.9 Å². The molecule has 0 unspecified atom stereocenters. The number of amides is 1. The molecule has 6 rings (SSSR count). The van der Waals surface area contributed by atoms with Gasteiger partial charge in [0.15, 0.2) is 5.65 Å². The topological polar surface area (TPSA) is 92.3 Å². The third-order valence-electron chi connectivity index (χ3n) is 7.61. The molecule has 4 aromatic rings. The van der Waals surface area contributed by atoms with Crippen molar-refractivity contribution in [3.05, 3.63) is 40.2 Å². The SMILES string of the molecule is Cc1c(C2CC3(C2)CN(CC(N)=O)C3)sc2[nH]c(-c3cc(C)c4ncnn4c3)c(C(C)C)c12. The van der Waals surface area contributed by atoms with Crippen molar-refractivity contribution in [2.45, 2.75) is 52.4 Å². The summed E-state index contributed by atoms with van der Waals surface area (Å²) in [4.78, 5) is 24.3. The predicted molar refractivity (Wildman–Crippen MR) is 132 cm³/mol. The van der Waals surface area contributed by atoms with Gasteiger partial charge in [0.25, 0.3) is 0 Å². The largest absolute Gasteiger partial charge is 0.369 e. The number of carbonyl (C=O) groups is 1. The smallest absolute Gasteiger partial charge is 0.231 e. The summed E-state index contributed by atoms with van der Waals surface area (Å²) in [7, 11) is 0. The lowest BCUT2D eigenvalue weighted by Gasteiger charge is -2.59. The Morgan fingerprint density at radius 1 is 1.33 bits per heavy atom. The standard InChI is InChI=1S/C25H30N6OS/c1-13(2)19-20-15(4)22(17-6-25(7-17)10-30(11-25)9-18(26)32)33-24(20)29-21(19)16-5-14(3)23-27-12-28-31(23)8-16/h5,8,12-13,17,29H,6-7,9-11H2,1-4H3,(H2,26,32). The van der Waals surface area contributed by atoms with E-state index in [1.165, 1.54) is 44.8 Å². The van der Waals surface area contributed by atoms with Crippen molar-refractivity contribution in [2.24, 2.45) is 11.1 Å². The van der Waals surface area contributed by atoms with Gasteiger partial charge in [-0.15, -0.1) is 11.3 Å². The molecule has 4 aromatic heterocycles. The Labute approximate surface area is 197 Å². The van der Waals surface area contributed by atoms with E-state index in [0.29, 0.717) is 23.8 Å². The summed E-state index contributed by atoms with van der Waals surface area (Å²) in [6, 6.07) is 2.21. The van der Waals surface area contributed by atoms with Gasteiger partial charge in [0.1, 0.15) is 11.2 Å². The van der Waals surface area contributed by atoms with Crippen LogP contribution >= 0.6 is 11.3 Å². The molecule has 1 saturated carbocycles. The molecule has 2 fully saturated rings.